The van der Waals surface area contributed by atoms with Gasteiger partial charge in [-0.1, -0.05) is 24.0 Å². The van der Waals surface area contributed by atoms with Gasteiger partial charge in [0.25, 0.3) is 0 Å². The summed E-state index contributed by atoms with van der Waals surface area (Å²) in [6.45, 7) is 11.4. The van der Waals surface area contributed by atoms with Crippen LogP contribution >= 0.6 is 0 Å². The lowest BCUT2D eigenvalue weighted by Crippen LogP contribution is -2.51. The van der Waals surface area contributed by atoms with Crippen LogP contribution in [0.5, 0.6) is 0 Å². The van der Waals surface area contributed by atoms with Crippen LogP contribution in [0.15, 0.2) is 24.3 Å². The van der Waals surface area contributed by atoms with Crippen molar-refractivity contribution >= 4 is 12.2 Å². The fourth-order valence-electron chi connectivity index (χ4n) is 3.75. The van der Waals surface area contributed by atoms with E-state index in [-0.39, 0.29) is 12.1 Å². The number of hydrogen-bond acceptors (Lipinski definition) is 5. The molecule has 1 fully saturated rings. The Balaban J connectivity index is 2.05. The van der Waals surface area contributed by atoms with Crippen molar-refractivity contribution in [3.63, 3.8) is 0 Å². The van der Waals surface area contributed by atoms with Gasteiger partial charge in [0, 0.05) is 24.9 Å². The number of cyclic esters (lactones) is 1. The number of amides is 2. The number of methoxy groups -OCH3 is 1. The lowest BCUT2D eigenvalue weighted by molar-refractivity contribution is -0.0859. The Labute approximate surface area is 185 Å². The Morgan fingerprint density at radius 2 is 1.94 bits per heavy atom. The predicted molar refractivity (Wildman–Crippen MR) is 118 cm³/mol. The first kappa shape index (κ1) is 24.5. The molecule has 2 N–H and O–H groups in total. The second-order valence-corrected chi connectivity index (χ2v) is 9.54. The molecule has 1 aliphatic heterocycles. The molecule has 31 heavy (non-hydrogen) atoms. The second-order valence-electron chi connectivity index (χ2n) is 9.54. The molecule has 7 nitrogen and oxygen atoms in total. The van der Waals surface area contributed by atoms with Gasteiger partial charge in [0.1, 0.15) is 5.60 Å². The molecule has 0 aromatic heterocycles. The van der Waals surface area contributed by atoms with Gasteiger partial charge in [-0.15, -0.1) is 0 Å². The molecule has 1 aromatic rings. The molecular weight excluding hydrogens is 396 g/mol. The van der Waals surface area contributed by atoms with Crippen LogP contribution in [-0.2, 0) is 9.47 Å². The largest absolute Gasteiger partial charge is 0.453 e. The Morgan fingerprint density at radius 1 is 1.32 bits per heavy atom. The third-order valence-electron chi connectivity index (χ3n) is 5.24. The van der Waals surface area contributed by atoms with E-state index in [4.69, 9.17) is 4.74 Å². The number of ether oxygens (including phenoxy) is 2. The normalized spacial score (nSPS) is 20.3. The van der Waals surface area contributed by atoms with Crippen LogP contribution in [0.1, 0.15) is 71.6 Å². The van der Waals surface area contributed by atoms with Crippen molar-refractivity contribution in [1.82, 2.24) is 10.2 Å². The number of aliphatic hydroxyl groups is 1. The van der Waals surface area contributed by atoms with Gasteiger partial charge >= 0.3 is 12.2 Å². The zero-order valence-corrected chi connectivity index (χ0v) is 19.5. The molecule has 170 valence electrons. The number of alkyl carbamates (subject to hydrolysis) is 1. The number of nitrogens with zero attached hydrogens (tertiary/aromatic N) is 1. The van der Waals surface area contributed by atoms with Crippen LogP contribution in [0.2, 0.25) is 0 Å². The number of nitrogens with one attached hydrogen (secondary N) is 1. The van der Waals surface area contributed by atoms with Crippen molar-refractivity contribution in [1.29, 1.82) is 0 Å². The average Bonchev–Trinajstić information content (AvgIpc) is 2.64. The topological polar surface area (TPSA) is 88.1 Å². The molecule has 1 aliphatic rings. The summed E-state index contributed by atoms with van der Waals surface area (Å²) in [5, 5.41) is 12.8. The minimum absolute atomic E-state index is 0.154. The first-order valence-corrected chi connectivity index (χ1v) is 10.4. The highest BCUT2D eigenvalue weighted by Crippen LogP contribution is 2.34. The molecule has 7 heteroatoms. The first-order chi connectivity index (χ1) is 14.2. The molecule has 0 bridgehead atoms. The first-order valence-electron chi connectivity index (χ1n) is 10.4. The molecule has 1 saturated heterocycles. The minimum atomic E-state index is -0.902. The molecule has 2 rings (SSSR count). The SMILES string of the molecule is COC(=O)NC(C)(C)C#Cc1ccc([C@H](C)N2CC[C@@](C)(CC(C)(C)O)OC2=O)cc1. The average molecular weight is 431 g/mol. The third kappa shape index (κ3) is 7.18. The van der Waals surface area contributed by atoms with Crippen LogP contribution in [0.3, 0.4) is 0 Å². The molecule has 1 aromatic carbocycles. The van der Waals surface area contributed by atoms with E-state index in [1.807, 2.05) is 38.1 Å². The molecule has 0 radical (unpaired) electrons. The smallest absolute Gasteiger partial charge is 0.410 e. The number of rotatable bonds is 5. The Bertz CT molecular complexity index is 861. The van der Waals surface area contributed by atoms with Gasteiger partial charge in [0.15, 0.2) is 0 Å². The van der Waals surface area contributed by atoms with Gasteiger partial charge in [-0.3, -0.25) is 0 Å². The number of hydrogen-bond donors (Lipinski definition) is 2. The van der Waals surface area contributed by atoms with Gasteiger partial charge < -0.3 is 24.8 Å². The third-order valence-corrected chi connectivity index (χ3v) is 5.24. The van der Waals surface area contributed by atoms with E-state index in [9.17, 15) is 14.7 Å². The van der Waals surface area contributed by atoms with Crippen LogP contribution in [0.25, 0.3) is 0 Å². The molecule has 0 spiro atoms. The van der Waals surface area contributed by atoms with Crippen molar-refractivity contribution in [3.8, 4) is 11.8 Å². The van der Waals surface area contributed by atoms with E-state index in [1.165, 1.54) is 7.11 Å². The van der Waals surface area contributed by atoms with E-state index >= 15 is 0 Å². The van der Waals surface area contributed by atoms with E-state index < -0.39 is 22.8 Å². The highest BCUT2D eigenvalue weighted by Gasteiger charge is 2.41. The predicted octanol–water partition coefficient (Wildman–Crippen LogP) is 4.00. The summed E-state index contributed by atoms with van der Waals surface area (Å²) in [4.78, 5) is 25.8. The highest BCUT2D eigenvalue weighted by molar-refractivity contribution is 5.70. The van der Waals surface area contributed by atoms with E-state index in [0.29, 0.717) is 19.4 Å². The maximum atomic E-state index is 12.7. The fourth-order valence-corrected chi connectivity index (χ4v) is 3.75. The summed E-state index contributed by atoms with van der Waals surface area (Å²) in [5.74, 6) is 6.07. The molecule has 2 amide bonds. The molecule has 2 atom stereocenters. The lowest BCUT2D eigenvalue weighted by Gasteiger charge is -2.43. The van der Waals surface area contributed by atoms with Crippen LogP contribution in [0, 0.1) is 11.8 Å². The fraction of sp³-hybridized carbons (Fsp3) is 0.583. The Kier molecular flexibility index (Phi) is 7.28. The number of carbonyl (C=O) groups is 2. The standard InChI is InChI=1S/C24H34N2O5/c1-17(26-15-14-24(6,31-21(26)28)16-23(4,5)29)19-10-8-18(9-11-19)12-13-22(2,3)25-20(27)30-7/h8-11,17,29H,14-16H2,1-7H3,(H,25,27)/t17-,24-/m0/s1. The molecule has 1 heterocycles. The van der Waals surface area contributed by atoms with Crippen LogP contribution < -0.4 is 5.32 Å². The van der Waals surface area contributed by atoms with Gasteiger partial charge in [0.2, 0.25) is 0 Å². The van der Waals surface area contributed by atoms with Gasteiger partial charge in [-0.05, 0) is 59.2 Å². The maximum absolute atomic E-state index is 12.7. The minimum Gasteiger partial charge on any atom is -0.453 e. The van der Waals surface area contributed by atoms with Crippen molar-refractivity contribution in [3.05, 3.63) is 35.4 Å². The summed E-state index contributed by atoms with van der Waals surface area (Å²) in [7, 11) is 1.31. The maximum Gasteiger partial charge on any atom is 0.410 e. The number of carbonyl (C=O) groups excluding carboxylic acids is 2. The molecular formula is C24H34N2O5. The van der Waals surface area contributed by atoms with Crippen molar-refractivity contribution in [2.75, 3.05) is 13.7 Å². The zero-order valence-electron chi connectivity index (χ0n) is 19.5. The van der Waals surface area contributed by atoms with Crippen molar-refractivity contribution in [2.45, 2.75) is 77.2 Å². The van der Waals surface area contributed by atoms with Crippen LogP contribution in [0.4, 0.5) is 9.59 Å². The van der Waals surface area contributed by atoms with E-state index in [2.05, 4.69) is 21.9 Å². The van der Waals surface area contributed by atoms with E-state index in [1.54, 1.807) is 32.6 Å². The van der Waals surface area contributed by atoms with Crippen LogP contribution in [-0.4, -0.2) is 52.6 Å². The summed E-state index contributed by atoms with van der Waals surface area (Å²) in [6, 6.07) is 7.50. The van der Waals surface area contributed by atoms with Gasteiger partial charge in [-0.25, -0.2) is 9.59 Å². The summed E-state index contributed by atoms with van der Waals surface area (Å²) >= 11 is 0. The quantitative estimate of drug-likeness (QED) is 0.690. The van der Waals surface area contributed by atoms with Crippen molar-refractivity contribution < 1.29 is 24.2 Å². The number of benzene rings is 1. The van der Waals surface area contributed by atoms with Crippen molar-refractivity contribution in [2.24, 2.45) is 0 Å². The Hall–Kier alpha value is -2.72. The molecule has 0 aliphatic carbocycles. The molecule has 0 unspecified atom stereocenters. The highest BCUT2D eigenvalue weighted by atomic mass is 16.6. The molecule has 0 saturated carbocycles. The zero-order chi connectivity index (χ0) is 23.4. The van der Waals surface area contributed by atoms with E-state index in [0.717, 1.165) is 11.1 Å². The Morgan fingerprint density at radius 3 is 2.45 bits per heavy atom. The monoisotopic (exact) mass is 430 g/mol. The van der Waals surface area contributed by atoms with Gasteiger partial charge in [-0.2, -0.15) is 0 Å². The summed E-state index contributed by atoms with van der Waals surface area (Å²) in [5.41, 5.74) is -0.529. The lowest BCUT2D eigenvalue weighted by atomic mass is 9.87. The van der Waals surface area contributed by atoms with Gasteiger partial charge in [0.05, 0.1) is 24.3 Å². The summed E-state index contributed by atoms with van der Waals surface area (Å²) in [6.07, 6.45) is 0.141. The summed E-state index contributed by atoms with van der Waals surface area (Å²) < 4.78 is 10.3. The second kappa shape index (κ2) is 9.19.